The summed E-state index contributed by atoms with van der Waals surface area (Å²) in [6, 6.07) is 0. The third-order valence-electron chi connectivity index (χ3n) is 3.36. The van der Waals surface area contributed by atoms with E-state index in [-0.39, 0.29) is 11.9 Å². The molecule has 0 bridgehead atoms. The normalized spacial score (nSPS) is 17.8. The van der Waals surface area contributed by atoms with Crippen LogP contribution >= 0.6 is 0 Å². The minimum atomic E-state index is -0.713. The fourth-order valence-corrected chi connectivity index (χ4v) is 2.18. The number of esters is 1. The fourth-order valence-electron chi connectivity index (χ4n) is 2.18. The molecule has 0 radical (unpaired) electrons. The molecule has 1 heterocycles. The van der Waals surface area contributed by atoms with Crippen LogP contribution in [0.2, 0.25) is 0 Å². The largest absolute Gasteiger partial charge is 0.466 e. The van der Waals surface area contributed by atoms with Gasteiger partial charge in [-0.3, -0.25) is 9.59 Å². The first-order valence-electron chi connectivity index (χ1n) is 6.84. The summed E-state index contributed by atoms with van der Waals surface area (Å²) in [5.74, 6) is -0.305. The monoisotopic (exact) mass is 272 g/mol. The maximum absolute atomic E-state index is 12.1. The van der Waals surface area contributed by atoms with Crippen molar-refractivity contribution in [3.05, 3.63) is 0 Å². The first kappa shape index (κ1) is 15.9. The van der Waals surface area contributed by atoms with E-state index in [0.717, 1.165) is 13.1 Å². The molecule has 6 heteroatoms. The second kappa shape index (κ2) is 8.12. The summed E-state index contributed by atoms with van der Waals surface area (Å²) in [4.78, 5) is 23.3. The third kappa shape index (κ3) is 4.80. The van der Waals surface area contributed by atoms with Gasteiger partial charge in [-0.05, 0) is 39.3 Å². The molecule has 0 aromatic heterocycles. The first-order chi connectivity index (χ1) is 9.14. The Hall–Kier alpha value is -1.14. The van der Waals surface area contributed by atoms with Gasteiger partial charge in [-0.1, -0.05) is 0 Å². The minimum absolute atomic E-state index is 0.0830. The topological polar surface area (TPSA) is 76.7 Å². The molecule has 1 saturated heterocycles. The van der Waals surface area contributed by atoms with Crippen LogP contribution in [0.25, 0.3) is 0 Å². The molecule has 6 nitrogen and oxygen atoms in total. The standard InChI is InChI=1S/C13H24N2O4/c1-3-19-11(16)5-4-8-15-12(17)13(18-2)6-9-14-10-7-13/h14H,3-10H2,1-2H3,(H,15,17). The van der Waals surface area contributed by atoms with Gasteiger partial charge in [0.15, 0.2) is 0 Å². The number of hydrogen-bond donors (Lipinski definition) is 2. The number of methoxy groups -OCH3 is 1. The Morgan fingerprint density at radius 3 is 2.58 bits per heavy atom. The van der Waals surface area contributed by atoms with Crippen molar-refractivity contribution < 1.29 is 19.1 Å². The molecule has 0 spiro atoms. The van der Waals surface area contributed by atoms with Crippen molar-refractivity contribution in [2.75, 3.05) is 33.4 Å². The summed E-state index contributed by atoms with van der Waals surface area (Å²) in [7, 11) is 1.57. The summed E-state index contributed by atoms with van der Waals surface area (Å²) in [6.07, 6.45) is 2.26. The number of carbonyl (C=O) groups excluding carboxylic acids is 2. The quantitative estimate of drug-likeness (QED) is 0.512. The molecule has 110 valence electrons. The zero-order valence-corrected chi connectivity index (χ0v) is 11.8. The Balaban J connectivity index is 2.27. The second-order valence-corrected chi connectivity index (χ2v) is 4.61. The van der Waals surface area contributed by atoms with Gasteiger partial charge in [0, 0.05) is 20.1 Å². The Labute approximate surface area is 114 Å². The first-order valence-corrected chi connectivity index (χ1v) is 6.84. The molecule has 0 aromatic carbocycles. The van der Waals surface area contributed by atoms with Gasteiger partial charge in [0.2, 0.25) is 0 Å². The van der Waals surface area contributed by atoms with E-state index in [1.165, 1.54) is 0 Å². The number of ether oxygens (including phenoxy) is 2. The van der Waals surface area contributed by atoms with Crippen molar-refractivity contribution >= 4 is 11.9 Å². The Morgan fingerprint density at radius 1 is 1.32 bits per heavy atom. The zero-order valence-electron chi connectivity index (χ0n) is 11.8. The van der Waals surface area contributed by atoms with Crippen molar-refractivity contribution in [2.24, 2.45) is 0 Å². The van der Waals surface area contributed by atoms with Gasteiger partial charge < -0.3 is 20.1 Å². The van der Waals surface area contributed by atoms with E-state index in [1.807, 2.05) is 0 Å². The summed E-state index contributed by atoms with van der Waals surface area (Å²) >= 11 is 0. The Morgan fingerprint density at radius 2 is 2.00 bits per heavy atom. The molecule has 19 heavy (non-hydrogen) atoms. The molecule has 1 rings (SSSR count). The molecule has 1 amide bonds. The molecule has 1 aliphatic rings. The number of hydrogen-bond acceptors (Lipinski definition) is 5. The van der Waals surface area contributed by atoms with Gasteiger partial charge in [0.05, 0.1) is 6.61 Å². The van der Waals surface area contributed by atoms with E-state index >= 15 is 0 Å². The van der Waals surface area contributed by atoms with E-state index in [1.54, 1.807) is 14.0 Å². The summed E-state index contributed by atoms with van der Waals surface area (Å²) in [5, 5.41) is 6.05. The van der Waals surface area contributed by atoms with Crippen LogP contribution in [0.3, 0.4) is 0 Å². The van der Waals surface area contributed by atoms with Crippen LogP contribution in [0.15, 0.2) is 0 Å². The molecule has 1 aliphatic heterocycles. The maximum Gasteiger partial charge on any atom is 0.305 e. The number of nitrogens with one attached hydrogen (secondary N) is 2. The SMILES string of the molecule is CCOC(=O)CCCNC(=O)C1(OC)CCNCC1. The molecule has 1 fully saturated rings. The lowest BCUT2D eigenvalue weighted by Gasteiger charge is -2.34. The van der Waals surface area contributed by atoms with Crippen LogP contribution < -0.4 is 10.6 Å². The molecule has 2 N–H and O–H groups in total. The molecule has 0 saturated carbocycles. The highest BCUT2D eigenvalue weighted by Gasteiger charge is 2.39. The van der Waals surface area contributed by atoms with E-state index in [2.05, 4.69) is 10.6 Å². The molecular formula is C13H24N2O4. The van der Waals surface area contributed by atoms with Crippen molar-refractivity contribution in [1.82, 2.24) is 10.6 Å². The van der Waals surface area contributed by atoms with Crippen LogP contribution in [0.1, 0.15) is 32.6 Å². The Kier molecular flexibility index (Phi) is 6.80. The number of piperidine rings is 1. The summed E-state index contributed by atoms with van der Waals surface area (Å²) < 4.78 is 10.2. The summed E-state index contributed by atoms with van der Waals surface area (Å²) in [6.45, 7) is 4.20. The predicted octanol–water partition coefficient (Wildman–Crippen LogP) is 0.215. The van der Waals surface area contributed by atoms with Crippen LogP contribution in [0.4, 0.5) is 0 Å². The number of amides is 1. The second-order valence-electron chi connectivity index (χ2n) is 4.61. The van der Waals surface area contributed by atoms with E-state index in [0.29, 0.717) is 38.8 Å². The highest BCUT2D eigenvalue weighted by Crippen LogP contribution is 2.22. The average Bonchev–Trinajstić information content (AvgIpc) is 2.44. The van der Waals surface area contributed by atoms with Crippen LogP contribution in [0, 0.1) is 0 Å². The molecule has 0 unspecified atom stereocenters. The smallest absolute Gasteiger partial charge is 0.305 e. The fraction of sp³-hybridized carbons (Fsp3) is 0.846. The highest BCUT2D eigenvalue weighted by atomic mass is 16.5. The maximum atomic E-state index is 12.1. The molecule has 0 atom stereocenters. The molecular weight excluding hydrogens is 248 g/mol. The van der Waals surface area contributed by atoms with E-state index < -0.39 is 5.60 Å². The van der Waals surface area contributed by atoms with Crippen molar-refractivity contribution in [1.29, 1.82) is 0 Å². The van der Waals surface area contributed by atoms with Gasteiger partial charge in [-0.25, -0.2) is 0 Å². The lowest BCUT2D eigenvalue weighted by atomic mass is 9.91. The van der Waals surface area contributed by atoms with Crippen LogP contribution in [-0.2, 0) is 19.1 Å². The number of rotatable bonds is 7. The minimum Gasteiger partial charge on any atom is -0.466 e. The highest BCUT2D eigenvalue weighted by molar-refractivity contribution is 5.85. The van der Waals surface area contributed by atoms with Crippen molar-refractivity contribution in [2.45, 2.75) is 38.2 Å². The molecule has 0 aromatic rings. The van der Waals surface area contributed by atoms with E-state index in [9.17, 15) is 9.59 Å². The molecule has 0 aliphatic carbocycles. The van der Waals surface area contributed by atoms with Crippen LogP contribution in [0.5, 0.6) is 0 Å². The zero-order chi connectivity index (χ0) is 14.1. The van der Waals surface area contributed by atoms with Gasteiger partial charge in [-0.15, -0.1) is 0 Å². The summed E-state index contributed by atoms with van der Waals surface area (Å²) in [5.41, 5.74) is -0.713. The van der Waals surface area contributed by atoms with Crippen LogP contribution in [-0.4, -0.2) is 50.8 Å². The van der Waals surface area contributed by atoms with E-state index in [4.69, 9.17) is 9.47 Å². The van der Waals surface area contributed by atoms with Gasteiger partial charge in [0.1, 0.15) is 5.60 Å². The third-order valence-corrected chi connectivity index (χ3v) is 3.36. The van der Waals surface area contributed by atoms with Gasteiger partial charge in [-0.2, -0.15) is 0 Å². The van der Waals surface area contributed by atoms with Gasteiger partial charge in [0.25, 0.3) is 5.91 Å². The lowest BCUT2D eigenvalue weighted by Crippen LogP contribution is -2.54. The van der Waals surface area contributed by atoms with Crippen molar-refractivity contribution in [3.8, 4) is 0 Å². The average molecular weight is 272 g/mol. The Bertz CT molecular complexity index is 301. The number of carbonyl (C=O) groups is 2. The predicted molar refractivity (Wildman–Crippen MR) is 70.7 cm³/mol. The van der Waals surface area contributed by atoms with Gasteiger partial charge >= 0.3 is 5.97 Å². The van der Waals surface area contributed by atoms with Crippen molar-refractivity contribution in [3.63, 3.8) is 0 Å². The lowest BCUT2D eigenvalue weighted by molar-refractivity contribution is -0.147.